The molecule has 0 aromatic heterocycles. The maximum absolute atomic E-state index is 12.9. The fraction of sp³-hybridized carbons (Fsp3) is 0.500. The van der Waals surface area contributed by atoms with Gasteiger partial charge in [0.2, 0.25) is 0 Å². The van der Waals surface area contributed by atoms with Gasteiger partial charge in [-0.1, -0.05) is 0 Å². The molecule has 2 rings (SSSR count). The topological polar surface area (TPSA) is 128 Å². The Morgan fingerprint density at radius 3 is 2.58 bits per heavy atom. The average molecular weight is 368 g/mol. The minimum absolute atomic E-state index is 0.0113. The van der Waals surface area contributed by atoms with E-state index >= 15 is 0 Å². The lowest BCUT2D eigenvalue weighted by atomic mass is 10.1. The van der Waals surface area contributed by atoms with Crippen molar-refractivity contribution in [2.45, 2.75) is 25.5 Å². The van der Waals surface area contributed by atoms with Gasteiger partial charge in [0.25, 0.3) is 11.6 Å². The molecule has 0 bridgehead atoms. The molecular formula is C16H20N2O8. The Labute approximate surface area is 149 Å². The molecule has 1 saturated heterocycles. The van der Waals surface area contributed by atoms with E-state index in [4.69, 9.17) is 14.2 Å². The summed E-state index contributed by atoms with van der Waals surface area (Å²) >= 11 is 0. The van der Waals surface area contributed by atoms with Crippen LogP contribution in [0.5, 0.6) is 11.5 Å². The van der Waals surface area contributed by atoms with Gasteiger partial charge >= 0.3 is 5.97 Å². The second-order valence-corrected chi connectivity index (χ2v) is 5.83. The van der Waals surface area contributed by atoms with Crippen LogP contribution in [0.15, 0.2) is 12.1 Å². The zero-order valence-corrected chi connectivity index (χ0v) is 14.6. The third-order valence-corrected chi connectivity index (χ3v) is 3.98. The van der Waals surface area contributed by atoms with Gasteiger partial charge in [-0.2, -0.15) is 0 Å². The van der Waals surface area contributed by atoms with Gasteiger partial charge in [0, 0.05) is 26.6 Å². The second kappa shape index (κ2) is 8.11. The van der Waals surface area contributed by atoms with E-state index in [0.29, 0.717) is 6.42 Å². The number of aliphatic hydroxyl groups is 1. The second-order valence-electron chi connectivity index (χ2n) is 5.83. The number of likely N-dealkylation sites (tertiary alicyclic amines) is 1. The molecule has 1 aromatic rings. The number of benzene rings is 1. The van der Waals surface area contributed by atoms with Crippen LogP contribution in [0.4, 0.5) is 5.69 Å². The third kappa shape index (κ3) is 4.09. The van der Waals surface area contributed by atoms with Gasteiger partial charge < -0.3 is 24.2 Å². The molecule has 10 nitrogen and oxygen atoms in total. The van der Waals surface area contributed by atoms with E-state index in [2.05, 4.69) is 0 Å². The lowest BCUT2D eigenvalue weighted by Crippen LogP contribution is -2.38. The van der Waals surface area contributed by atoms with E-state index in [9.17, 15) is 24.8 Å². The number of hydrogen-bond acceptors (Lipinski definition) is 8. The van der Waals surface area contributed by atoms with Crippen molar-refractivity contribution in [1.82, 2.24) is 4.90 Å². The average Bonchev–Trinajstić information content (AvgIpc) is 2.94. The molecule has 1 amide bonds. The molecule has 1 heterocycles. The van der Waals surface area contributed by atoms with Gasteiger partial charge in [0.15, 0.2) is 11.5 Å². The monoisotopic (exact) mass is 368 g/mol. The van der Waals surface area contributed by atoms with Crippen molar-refractivity contribution in [1.29, 1.82) is 0 Å². The summed E-state index contributed by atoms with van der Waals surface area (Å²) < 4.78 is 15.1. The SMILES string of the molecule is COC[C@@H]1C[C@@H](O)CN1C(=O)c1cc(OC)c(OC(C)=O)cc1[N+](=O)[O-]. The van der Waals surface area contributed by atoms with Gasteiger partial charge in [0.05, 0.1) is 36.9 Å². The smallest absolute Gasteiger partial charge is 0.308 e. The highest BCUT2D eigenvalue weighted by Gasteiger charge is 2.37. The number of nitro benzene ring substituents is 1. The molecule has 1 aromatic carbocycles. The van der Waals surface area contributed by atoms with Crippen molar-refractivity contribution < 1.29 is 33.8 Å². The minimum Gasteiger partial charge on any atom is -0.493 e. The highest BCUT2D eigenvalue weighted by atomic mass is 16.6. The van der Waals surface area contributed by atoms with Crippen molar-refractivity contribution in [2.75, 3.05) is 27.4 Å². The van der Waals surface area contributed by atoms with Gasteiger partial charge in [0.1, 0.15) is 5.56 Å². The number of methoxy groups -OCH3 is 2. The van der Waals surface area contributed by atoms with Crippen LogP contribution in [0.1, 0.15) is 23.7 Å². The molecule has 1 fully saturated rings. The summed E-state index contributed by atoms with van der Waals surface area (Å²) in [5, 5.41) is 21.3. The number of β-amino-alcohol motifs (C(OH)–C–C–N with tert-alkyl or cyclic N) is 1. The minimum atomic E-state index is -0.739. The van der Waals surface area contributed by atoms with Gasteiger partial charge in [-0.05, 0) is 6.42 Å². The summed E-state index contributed by atoms with van der Waals surface area (Å²) in [6, 6.07) is 1.74. The number of aliphatic hydroxyl groups excluding tert-OH is 1. The molecule has 26 heavy (non-hydrogen) atoms. The Hall–Kier alpha value is -2.72. The van der Waals surface area contributed by atoms with E-state index in [1.54, 1.807) is 0 Å². The maximum Gasteiger partial charge on any atom is 0.308 e. The van der Waals surface area contributed by atoms with Crippen LogP contribution in [0.2, 0.25) is 0 Å². The van der Waals surface area contributed by atoms with Crippen LogP contribution in [0, 0.1) is 10.1 Å². The Kier molecular flexibility index (Phi) is 6.11. The lowest BCUT2D eigenvalue weighted by Gasteiger charge is -2.24. The molecule has 0 saturated carbocycles. The fourth-order valence-electron chi connectivity index (χ4n) is 2.91. The van der Waals surface area contributed by atoms with Crippen molar-refractivity contribution in [3.8, 4) is 11.5 Å². The molecule has 0 spiro atoms. The van der Waals surface area contributed by atoms with Gasteiger partial charge in [-0.25, -0.2) is 0 Å². The number of esters is 1. The van der Waals surface area contributed by atoms with E-state index in [1.165, 1.54) is 19.1 Å². The summed E-state index contributed by atoms with van der Waals surface area (Å²) in [6.45, 7) is 1.38. The molecule has 0 aliphatic carbocycles. The molecule has 1 aliphatic heterocycles. The maximum atomic E-state index is 12.9. The van der Waals surface area contributed by atoms with Crippen molar-refractivity contribution in [3.63, 3.8) is 0 Å². The Morgan fingerprint density at radius 1 is 1.35 bits per heavy atom. The molecule has 142 valence electrons. The summed E-state index contributed by atoms with van der Waals surface area (Å²) in [5.41, 5.74) is -0.748. The van der Waals surface area contributed by atoms with Crippen LogP contribution < -0.4 is 9.47 Å². The number of carbonyl (C=O) groups excluding carboxylic acids is 2. The fourth-order valence-corrected chi connectivity index (χ4v) is 2.91. The number of nitrogens with zero attached hydrogens (tertiary/aromatic N) is 2. The van der Waals surface area contributed by atoms with Crippen molar-refractivity contribution in [2.24, 2.45) is 0 Å². The molecule has 1 N–H and O–H groups in total. The first-order valence-electron chi connectivity index (χ1n) is 7.81. The van der Waals surface area contributed by atoms with E-state index in [1.807, 2.05) is 0 Å². The first-order valence-corrected chi connectivity index (χ1v) is 7.81. The quantitative estimate of drug-likeness (QED) is 0.337. The van der Waals surface area contributed by atoms with Crippen LogP contribution in [0.25, 0.3) is 0 Å². The normalized spacial score (nSPS) is 19.3. The molecule has 0 radical (unpaired) electrons. The third-order valence-electron chi connectivity index (χ3n) is 3.98. The zero-order valence-electron chi connectivity index (χ0n) is 14.6. The number of hydrogen-bond donors (Lipinski definition) is 1. The first kappa shape index (κ1) is 19.6. The van der Waals surface area contributed by atoms with E-state index in [0.717, 1.165) is 19.1 Å². The summed E-state index contributed by atoms with van der Waals surface area (Å²) in [7, 11) is 2.75. The van der Waals surface area contributed by atoms with Crippen LogP contribution >= 0.6 is 0 Å². The molecular weight excluding hydrogens is 348 g/mol. The largest absolute Gasteiger partial charge is 0.493 e. The number of rotatable bonds is 6. The van der Waals surface area contributed by atoms with Crippen molar-refractivity contribution in [3.05, 3.63) is 27.8 Å². The molecule has 0 unspecified atom stereocenters. The Balaban J connectivity index is 2.48. The predicted octanol–water partition coefficient (Wildman–Crippen LogP) is 0.750. The summed E-state index contributed by atoms with van der Waals surface area (Å²) in [4.78, 5) is 36.1. The van der Waals surface area contributed by atoms with Crippen LogP contribution in [-0.2, 0) is 9.53 Å². The zero-order chi connectivity index (χ0) is 19.4. The first-order chi connectivity index (χ1) is 12.3. The molecule has 10 heteroatoms. The van der Waals surface area contributed by atoms with Crippen LogP contribution in [-0.4, -0.2) is 66.3 Å². The number of amides is 1. The predicted molar refractivity (Wildman–Crippen MR) is 88.3 cm³/mol. The highest BCUT2D eigenvalue weighted by molar-refractivity contribution is 5.99. The molecule has 1 aliphatic rings. The van der Waals surface area contributed by atoms with Crippen molar-refractivity contribution >= 4 is 17.6 Å². The number of carbonyl (C=O) groups is 2. The Morgan fingerprint density at radius 2 is 2.04 bits per heavy atom. The Bertz CT molecular complexity index is 720. The van der Waals surface area contributed by atoms with Crippen LogP contribution in [0.3, 0.4) is 0 Å². The van der Waals surface area contributed by atoms with E-state index < -0.39 is 34.6 Å². The van der Waals surface area contributed by atoms with E-state index in [-0.39, 0.29) is 30.2 Å². The number of ether oxygens (including phenoxy) is 3. The lowest BCUT2D eigenvalue weighted by molar-refractivity contribution is -0.385. The highest BCUT2D eigenvalue weighted by Crippen LogP contribution is 2.36. The molecule has 2 atom stereocenters. The standard InChI is InChI=1S/C16H20N2O8/c1-9(19)26-15-6-13(18(22)23)12(5-14(15)25-3)16(21)17-7-11(20)4-10(17)8-24-2/h5-6,10-11,20H,4,7-8H2,1-3H3/t10-,11+/m0/s1. The summed E-state index contributed by atoms with van der Waals surface area (Å²) in [6.07, 6.45) is -0.420. The summed E-state index contributed by atoms with van der Waals surface area (Å²) in [5.74, 6) is -1.46. The van der Waals surface area contributed by atoms with Gasteiger partial charge in [-0.15, -0.1) is 0 Å². The van der Waals surface area contributed by atoms with Gasteiger partial charge in [-0.3, -0.25) is 19.7 Å². The number of nitro groups is 1.